The Labute approximate surface area is 197 Å². The molecule has 34 heavy (non-hydrogen) atoms. The summed E-state index contributed by atoms with van der Waals surface area (Å²) >= 11 is 0. The summed E-state index contributed by atoms with van der Waals surface area (Å²) in [6.45, 7) is 0.517. The molecule has 7 heteroatoms. The number of aromatic amines is 1. The van der Waals surface area contributed by atoms with Gasteiger partial charge >= 0.3 is 0 Å². The summed E-state index contributed by atoms with van der Waals surface area (Å²) in [5, 5.41) is 11.9. The van der Waals surface area contributed by atoms with Gasteiger partial charge in [0, 0.05) is 24.4 Å². The Kier molecular flexibility index (Phi) is 5.87. The molecule has 0 amide bonds. The number of fused-ring (bicyclic) bond motifs is 1. The van der Waals surface area contributed by atoms with Gasteiger partial charge in [-0.1, -0.05) is 24.3 Å². The van der Waals surface area contributed by atoms with Crippen LogP contribution in [-0.4, -0.2) is 29.4 Å². The average molecular weight is 450 g/mol. The number of ether oxygens (including phenoxy) is 3. The largest absolute Gasteiger partial charge is 0.497 e. The van der Waals surface area contributed by atoms with Crippen LogP contribution in [0.25, 0.3) is 22.2 Å². The number of H-pyrrole nitrogens is 1. The number of benzene rings is 2. The van der Waals surface area contributed by atoms with Crippen LogP contribution in [0, 0.1) is 12.1 Å². The SMILES string of the molecule is COc1ccc(CNc2nccc3[nH]nc(-c4c#cc(Oc5ccccc5)cc4)c23)c(OC)c1. The Morgan fingerprint density at radius 1 is 0.912 bits per heavy atom. The van der Waals surface area contributed by atoms with Gasteiger partial charge in [0.1, 0.15) is 28.8 Å². The Hall–Kier alpha value is -4.70. The minimum atomic E-state index is 0.517. The molecule has 0 bridgehead atoms. The molecule has 0 atom stereocenters. The average Bonchev–Trinajstić information content (AvgIpc) is 3.33. The van der Waals surface area contributed by atoms with Gasteiger partial charge in [-0.15, -0.1) is 0 Å². The fourth-order valence-corrected chi connectivity index (χ4v) is 3.66. The van der Waals surface area contributed by atoms with E-state index in [9.17, 15) is 0 Å². The number of para-hydroxylation sites is 1. The third-order valence-electron chi connectivity index (χ3n) is 5.36. The molecular formula is C27H22N4O3. The number of nitrogens with zero attached hydrogens (tertiary/aromatic N) is 2. The van der Waals surface area contributed by atoms with Crippen molar-refractivity contribution in [1.82, 2.24) is 15.2 Å². The minimum Gasteiger partial charge on any atom is -0.497 e. The number of methoxy groups -OCH3 is 2. The lowest BCUT2D eigenvalue weighted by Crippen LogP contribution is -2.04. The topological polar surface area (TPSA) is 81.3 Å². The van der Waals surface area contributed by atoms with Crippen molar-refractivity contribution >= 4 is 16.7 Å². The third kappa shape index (κ3) is 4.30. The van der Waals surface area contributed by atoms with E-state index in [1.807, 2.05) is 66.7 Å². The molecule has 2 N–H and O–H groups in total. The first-order valence-corrected chi connectivity index (χ1v) is 10.7. The standard InChI is InChI=1S/C27H22N4O3/c1-32-22-13-10-19(24(16-22)33-2)17-29-27-25-23(14-15-28-27)30-31-26(25)18-8-11-21(12-9-18)34-20-6-4-3-5-7-20/h3-8,10-11,13-16H,17H2,1-2H3,(H,28,29)(H,30,31). The van der Waals surface area contributed by atoms with Gasteiger partial charge < -0.3 is 19.5 Å². The predicted molar refractivity (Wildman–Crippen MR) is 130 cm³/mol. The van der Waals surface area contributed by atoms with E-state index in [1.165, 1.54) is 0 Å². The zero-order valence-electron chi connectivity index (χ0n) is 18.8. The molecule has 0 aliphatic rings. The lowest BCUT2D eigenvalue weighted by Gasteiger charge is -2.12. The summed E-state index contributed by atoms with van der Waals surface area (Å²) in [4.78, 5) is 4.56. The van der Waals surface area contributed by atoms with Crippen LogP contribution < -0.4 is 19.5 Å². The van der Waals surface area contributed by atoms with Crippen molar-refractivity contribution in [2.24, 2.45) is 0 Å². The van der Waals surface area contributed by atoms with Crippen molar-refractivity contribution in [3.05, 3.63) is 90.6 Å². The smallest absolute Gasteiger partial charge is 0.177 e. The number of hydrogen-bond donors (Lipinski definition) is 2. The number of rotatable bonds is 8. The monoisotopic (exact) mass is 450 g/mol. The van der Waals surface area contributed by atoms with Crippen LogP contribution in [0.4, 0.5) is 5.82 Å². The summed E-state index contributed by atoms with van der Waals surface area (Å²) in [6, 6.07) is 27.2. The predicted octanol–water partition coefficient (Wildman–Crippen LogP) is 5.65. The molecule has 0 radical (unpaired) electrons. The molecule has 7 nitrogen and oxygen atoms in total. The maximum absolute atomic E-state index is 5.83. The van der Waals surface area contributed by atoms with E-state index >= 15 is 0 Å². The molecule has 2 aromatic heterocycles. The van der Waals surface area contributed by atoms with E-state index in [0.717, 1.165) is 45.0 Å². The van der Waals surface area contributed by atoms with E-state index in [0.29, 0.717) is 18.1 Å². The molecule has 0 saturated heterocycles. The van der Waals surface area contributed by atoms with E-state index in [-0.39, 0.29) is 0 Å². The quantitative estimate of drug-likeness (QED) is 0.318. The van der Waals surface area contributed by atoms with E-state index in [1.54, 1.807) is 20.4 Å². The lowest BCUT2D eigenvalue weighted by molar-refractivity contribution is 0.391. The molecule has 0 spiro atoms. The van der Waals surface area contributed by atoms with Crippen molar-refractivity contribution in [3.63, 3.8) is 0 Å². The van der Waals surface area contributed by atoms with E-state index in [2.05, 4.69) is 32.6 Å². The van der Waals surface area contributed by atoms with Crippen LogP contribution >= 0.6 is 0 Å². The third-order valence-corrected chi connectivity index (χ3v) is 5.36. The fourth-order valence-electron chi connectivity index (χ4n) is 3.66. The second kappa shape index (κ2) is 9.43. The fraction of sp³-hybridized carbons (Fsp3) is 0.111. The number of pyridine rings is 1. The van der Waals surface area contributed by atoms with Crippen LogP contribution in [0.5, 0.6) is 23.0 Å². The minimum absolute atomic E-state index is 0.517. The number of nitrogens with one attached hydrogen (secondary N) is 2. The van der Waals surface area contributed by atoms with E-state index in [4.69, 9.17) is 14.2 Å². The van der Waals surface area contributed by atoms with Crippen LogP contribution in [0.1, 0.15) is 5.56 Å². The first-order valence-electron chi connectivity index (χ1n) is 10.7. The molecular weight excluding hydrogens is 428 g/mol. The van der Waals surface area contributed by atoms with Crippen LogP contribution in [0.15, 0.2) is 72.9 Å². The highest BCUT2D eigenvalue weighted by molar-refractivity contribution is 6.00. The van der Waals surface area contributed by atoms with Gasteiger partial charge in [0.05, 0.1) is 30.7 Å². The Morgan fingerprint density at radius 2 is 1.79 bits per heavy atom. The molecule has 0 aliphatic carbocycles. The summed E-state index contributed by atoms with van der Waals surface area (Å²) in [5.74, 6) is 3.51. The molecule has 0 fully saturated rings. The Morgan fingerprint density at radius 3 is 2.56 bits per heavy atom. The highest BCUT2D eigenvalue weighted by Gasteiger charge is 2.14. The summed E-state index contributed by atoms with van der Waals surface area (Å²) < 4.78 is 16.6. The number of anilines is 1. The van der Waals surface area contributed by atoms with Gasteiger partial charge in [0.15, 0.2) is 5.75 Å². The van der Waals surface area contributed by atoms with Gasteiger partial charge in [0.2, 0.25) is 0 Å². The lowest BCUT2D eigenvalue weighted by atomic mass is 10.1. The Bertz CT molecular complexity index is 1400. The summed E-state index contributed by atoms with van der Waals surface area (Å²) in [6.07, 6.45) is 1.74. The normalized spacial score (nSPS) is 10.5. The van der Waals surface area contributed by atoms with Gasteiger partial charge in [-0.3, -0.25) is 5.10 Å². The molecule has 0 aliphatic heterocycles. The summed E-state index contributed by atoms with van der Waals surface area (Å²) in [7, 11) is 3.27. The van der Waals surface area contributed by atoms with Gasteiger partial charge in [-0.05, 0) is 48.5 Å². The van der Waals surface area contributed by atoms with Crippen molar-refractivity contribution in [2.75, 3.05) is 19.5 Å². The van der Waals surface area contributed by atoms with Crippen LogP contribution in [0.2, 0.25) is 0 Å². The van der Waals surface area contributed by atoms with Crippen LogP contribution in [-0.2, 0) is 6.54 Å². The zero-order chi connectivity index (χ0) is 23.3. The van der Waals surface area contributed by atoms with Crippen molar-refractivity contribution in [2.45, 2.75) is 6.54 Å². The number of hydrogen-bond acceptors (Lipinski definition) is 6. The maximum Gasteiger partial charge on any atom is 0.177 e. The summed E-state index contributed by atoms with van der Waals surface area (Å²) in [5.41, 5.74) is 3.36. The van der Waals surface area contributed by atoms with Gasteiger partial charge in [-0.25, -0.2) is 4.98 Å². The first-order chi connectivity index (χ1) is 16.7. The molecule has 0 saturated carbocycles. The second-order valence-electron chi connectivity index (χ2n) is 7.46. The van der Waals surface area contributed by atoms with Crippen molar-refractivity contribution in [1.29, 1.82) is 0 Å². The van der Waals surface area contributed by atoms with Crippen molar-refractivity contribution < 1.29 is 14.2 Å². The molecule has 5 rings (SSSR count). The molecule has 5 aromatic rings. The Balaban J connectivity index is 1.41. The number of aromatic nitrogens is 3. The zero-order valence-corrected chi connectivity index (χ0v) is 18.8. The van der Waals surface area contributed by atoms with Gasteiger partial charge in [-0.2, -0.15) is 5.10 Å². The van der Waals surface area contributed by atoms with Gasteiger partial charge in [0.25, 0.3) is 0 Å². The highest BCUT2D eigenvalue weighted by Crippen LogP contribution is 2.32. The molecule has 2 heterocycles. The maximum atomic E-state index is 5.83. The van der Waals surface area contributed by atoms with Crippen LogP contribution in [0.3, 0.4) is 0 Å². The van der Waals surface area contributed by atoms with Crippen molar-refractivity contribution in [3.8, 4) is 34.3 Å². The molecule has 0 unspecified atom stereocenters. The molecule has 168 valence electrons. The second-order valence-corrected chi connectivity index (χ2v) is 7.46. The molecule has 3 aromatic carbocycles. The highest BCUT2D eigenvalue weighted by atomic mass is 16.5. The first kappa shape index (κ1) is 21.2. The van der Waals surface area contributed by atoms with E-state index < -0.39 is 0 Å².